The summed E-state index contributed by atoms with van der Waals surface area (Å²) in [4.78, 5) is 22.7. The summed E-state index contributed by atoms with van der Waals surface area (Å²) in [6.45, 7) is 2.77. The number of imidazole rings is 1. The van der Waals surface area contributed by atoms with Crippen LogP contribution in [0.2, 0.25) is 0 Å². The van der Waals surface area contributed by atoms with Crippen molar-refractivity contribution in [3.05, 3.63) is 28.8 Å². The SMILES string of the molecule is CCCc1nc(N(C)Cc2nccn2C)sc1C=O. The molecule has 102 valence electrons. The summed E-state index contributed by atoms with van der Waals surface area (Å²) < 4.78 is 1.98. The van der Waals surface area contributed by atoms with Gasteiger partial charge in [-0.2, -0.15) is 0 Å². The molecule has 0 saturated heterocycles. The molecule has 0 fully saturated rings. The molecule has 0 aliphatic heterocycles. The zero-order valence-electron chi connectivity index (χ0n) is 11.5. The molecule has 0 bridgehead atoms. The Kier molecular flexibility index (Phi) is 4.31. The fourth-order valence-electron chi connectivity index (χ4n) is 1.85. The second-order valence-electron chi connectivity index (χ2n) is 4.49. The highest BCUT2D eigenvalue weighted by Crippen LogP contribution is 2.26. The van der Waals surface area contributed by atoms with E-state index in [4.69, 9.17) is 0 Å². The summed E-state index contributed by atoms with van der Waals surface area (Å²) in [6, 6.07) is 0. The minimum atomic E-state index is 0.681. The van der Waals surface area contributed by atoms with E-state index in [-0.39, 0.29) is 0 Å². The first-order chi connectivity index (χ1) is 9.15. The predicted octanol–water partition coefficient (Wildman–Crippen LogP) is 2.28. The minimum absolute atomic E-state index is 0.681. The number of hydrogen-bond donors (Lipinski definition) is 0. The van der Waals surface area contributed by atoms with Gasteiger partial charge in [-0.15, -0.1) is 0 Å². The normalized spacial score (nSPS) is 10.7. The van der Waals surface area contributed by atoms with Crippen molar-refractivity contribution in [2.75, 3.05) is 11.9 Å². The third-order valence-corrected chi connectivity index (χ3v) is 4.07. The Bertz CT molecular complexity index is 561. The first-order valence-corrected chi connectivity index (χ1v) is 7.09. The Morgan fingerprint density at radius 2 is 2.32 bits per heavy atom. The average Bonchev–Trinajstić information content (AvgIpc) is 2.97. The van der Waals surface area contributed by atoms with E-state index in [9.17, 15) is 4.79 Å². The number of aldehydes is 1. The van der Waals surface area contributed by atoms with Crippen molar-refractivity contribution in [3.8, 4) is 0 Å². The van der Waals surface area contributed by atoms with Crippen LogP contribution in [0.5, 0.6) is 0 Å². The number of aryl methyl sites for hydroxylation is 2. The maximum Gasteiger partial charge on any atom is 0.186 e. The lowest BCUT2D eigenvalue weighted by molar-refractivity contribution is 0.112. The van der Waals surface area contributed by atoms with Gasteiger partial charge < -0.3 is 9.47 Å². The van der Waals surface area contributed by atoms with Crippen LogP contribution in [0.25, 0.3) is 0 Å². The van der Waals surface area contributed by atoms with Gasteiger partial charge >= 0.3 is 0 Å². The number of rotatable bonds is 6. The van der Waals surface area contributed by atoms with Crippen molar-refractivity contribution >= 4 is 22.8 Å². The summed E-state index contributed by atoms with van der Waals surface area (Å²) in [5.41, 5.74) is 0.907. The van der Waals surface area contributed by atoms with Gasteiger partial charge in [0.1, 0.15) is 5.82 Å². The second-order valence-corrected chi connectivity index (χ2v) is 5.49. The molecule has 0 aliphatic rings. The molecule has 5 nitrogen and oxygen atoms in total. The first kappa shape index (κ1) is 13.7. The zero-order valence-corrected chi connectivity index (χ0v) is 12.3. The number of hydrogen-bond acceptors (Lipinski definition) is 5. The van der Waals surface area contributed by atoms with Crippen LogP contribution >= 0.6 is 11.3 Å². The summed E-state index contributed by atoms with van der Waals surface area (Å²) in [5, 5.41) is 0.869. The Morgan fingerprint density at radius 3 is 2.89 bits per heavy atom. The van der Waals surface area contributed by atoms with Gasteiger partial charge in [-0.3, -0.25) is 4.79 Å². The molecule has 0 saturated carbocycles. The van der Waals surface area contributed by atoms with Gasteiger partial charge in [0.05, 0.1) is 17.1 Å². The van der Waals surface area contributed by atoms with E-state index < -0.39 is 0 Å². The van der Waals surface area contributed by atoms with E-state index in [1.807, 2.05) is 29.8 Å². The zero-order chi connectivity index (χ0) is 13.8. The van der Waals surface area contributed by atoms with Crippen LogP contribution in [0.4, 0.5) is 5.13 Å². The Labute approximate surface area is 116 Å². The highest BCUT2D eigenvalue weighted by atomic mass is 32.1. The molecule has 0 amide bonds. The Balaban J connectivity index is 2.17. The largest absolute Gasteiger partial charge is 0.344 e. The topological polar surface area (TPSA) is 51.0 Å². The molecule has 2 aromatic rings. The molecular weight excluding hydrogens is 260 g/mol. The van der Waals surface area contributed by atoms with Crippen molar-refractivity contribution in [2.45, 2.75) is 26.3 Å². The molecule has 6 heteroatoms. The third kappa shape index (κ3) is 3.01. The van der Waals surface area contributed by atoms with E-state index in [1.165, 1.54) is 11.3 Å². The maximum atomic E-state index is 11.0. The minimum Gasteiger partial charge on any atom is -0.344 e. The number of carbonyl (C=O) groups is 1. The lowest BCUT2D eigenvalue weighted by Gasteiger charge is -2.15. The third-order valence-electron chi connectivity index (χ3n) is 2.94. The fraction of sp³-hybridized carbons (Fsp3) is 0.462. The smallest absolute Gasteiger partial charge is 0.186 e. The predicted molar refractivity (Wildman–Crippen MR) is 76.8 cm³/mol. The summed E-state index contributed by atoms with van der Waals surface area (Å²) in [5.74, 6) is 0.974. The number of carbonyl (C=O) groups excluding carboxylic acids is 1. The van der Waals surface area contributed by atoms with Gasteiger partial charge in [-0.05, 0) is 6.42 Å². The monoisotopic (exact) mass is 278 g/mol. The van der Waals surface area contributed by atoms with Crippen molar-refractivity contribution in [2.24, 2.45) is 7.05 Å². The number of nitrogens with zero attached hydrogens (tertiary/aromatic N) is 4. The summed E-state index contributed by atoms with van der Waals surface area (Å²) >= 11 is 1.44. The fourth-order valence-corrected chi connectivity index (χ4v) is 2.74. The van der Waals surface area contributed by atoms with Gasteiger partial charge in [0, 0.05) is 26.5 Å². The highest BCUT2D eigenvalue weighted by molar-refractivity contribution is 7.17. The van der Waals surface area contributed by atoms with Gasteiger partial charge in [-0.25, -0.2) is 9.97 Å². The molecule has 2 rings (SSSR count). The molecule has 0 aromatic carbocycles. The highest BCUT2D eigenvalue weighted by Gasteiger charge is 2.14. The van der Waals surface area contributed by atoms with Crippen LogP contribution in [0.3, 0.4) is 0 Å². The van der Waals surface area contributed by atoms with Crippen LogP contribution in [0.1, 0.15) is 34.5 Å². The molecule has 2 aromatic heterocycles. The van der Waals surface area contributed by atoms with Gasteiger partial charge in [0.2, 0.25) is 0 Å². The van der Waals surface area contributed by atoms with Crippen LogP contribution in [0.15, 0.2) is 12.4 Å². The average molecular weight is 278 g/mol. The van der Waals surface area contributed by atoms with E-state index in [0.29, 0.717) is 6.54 Å². The van der Waals surface area contributed by atoms with E-state index in [1.54, 1.807) is 6.20 Å². The van der Waals surface area contributed by atoms with Gasteiger partial charge in [0.15, 0.2) is 11.4 Å². The lowest BCUT2D eigenvalue weighted by atomic mass is 10.2. The molecule has 0 radical (unpaired) electrons. The van der Waals surface area contributed by atoms with Crippen molar-refractivity contribution in [1.29, 1.82) is 0 Å². The second kappa shape index (κ2) is 5.97. The van der Waals surface area contributed by atoms with Crippen LogP contribution < -0.4 is 4.90 Å². The molecule has 0 aliphatic carbocycles. The lowest BCUT2D eigenvalue weighted by Crippen LogP contribution is -2.18. The molecule has 0 spiro atoms. The van der Waals surface area contributed by atoms with Crippen LogP contribution in [0, 0.1) is 0 Å². The van der Waals surface area contributed by atoms with E-state index in [0.717, 1.165) is 40.7 Å². The Hall–Kier alpha value is -1.69. The van der Waals surface area contributed by atoms with Crippen molar-refractivity contribution < 1.29 is 4.79 Å². The molecule has 0 unspecified atom stereocenters. The van der Waals surface area contributed by atoms with Crippen LogP contribution in [-0.4, -0.2) is 27.9 Å². The van der Waals surface area contributed by atoms with Crippen molar-refractivity contribution in [1.82, 2.24) is 14.5 Å². The molecule has 2 heterocycles. The molecule has 0 N–H and O–H groups in total. The molecule has 0 atom stereocenters. The standard InChI is InChI=1S/C13H18N4OS/c1-4-5-10-11(9-18)19-13(15-10)17(3)8-12-14-6-7-16(12)2/h6-7,9H,4-5,8H2,1-3H3. The number of thiazole rings is 1. The summed E-state index contributed by atoms with van der Waals surface area (Å²) in [7, 11) is 3.94. The number of anilines is 1. The molecule has 19 heavy (non-hydrogen) atoms. The van der Waals surface area contributed by atoms with Crippen LogP contribution in [-0.2, 0) is 20.0 Å². The van der Waals surface area contributed by atoms with E-state index in [2.05, 4.69) is 16.9 Å². The van der Waals surface area contributed by atoms with Gasteiger partial charge in [-0.1, -0.05) is 24.7 Å². The number of aromatic nitrogens is 3. The summed E-state index contributed by atoms with van der Waals surface area (Å²) in [6.07, 6.45) is 6.45. The van der Waals surface area contributed by atoms with Crippen molar-refractivity contribution in [3.63, 3.8) is 0 Å². The van der Waals surface area contributed by atoms with Gasteiger partial charge in [0.25, 0.3) is 0 Å². The van der Waals surface area contributed by atoms with E-state index >= 15 is 0 Å². The first-order valence-electron chi connectivity index (χ1n) is 6.28. The quantitative estimate of drug-likeness (QED) is 0.761. The molecular formula is C13H18N4OS. The Morgan fingerprint density at radius 1 is 1.53 bits per heavy atom. The maximum absolute atomic E-state index is 11.0.